The second-order valence-electron chi connectivity index (χ2n) is 4.88. The molecular formula is C15H18N2O3S. The molecule has 1 aromatic carbocycles. The summed E-state index contributed by atoms with van der Waals surface area (Å²) in [6.45, 7) is 3.45. The van der Waals surface area contributed by atoms with Crippen LogP contribution in [-0.4, -0.2) is 34.6 Å². The van der Waals surface area contributed by atoms with Crippen molar-refractivity contribution < 1.29 is 14.7 Å². The van der Waals surface area contributed by atoms with E-state index in [2.05, 4.69) is 5.32 Å². The second-order valence-corrected chi connectivity index (χ2v) is 5.83. The van der Waals surface area contributed by atoms with Crippen LogP contribution in [0.5, 0.6) is 0 Å². The monoisotopic (exact) mass is 306 g/mol. The Morgan fingerprint density at radius 2 is 2.14 bits per heavy atom. The minimum atomic E-state index is -1.02. The molecule has 0 spiro atoms. The van der Waals surface area contributed by atoms with Crippen LogP contribution in [0.1, 0.15) is 20.3 Å². The first-order chi connectivity index (χ1) is 10.0. The lowest BCUT2D eigenvalue weighted by Crippen LogP contribution is -2.44. The average molecular weight is 306 g/mol. The molecule has 0 aliphatic rings. The Hall–Kier alpha value is -2.08. The molecular weight excluding hydrogens is 288 g/mol. The SMILES string of the molecule is CCC(C)N(CC(=O)O)C(=O)Nc1ccc2sccc2c1. The van der Waals surface area contributed by atoms with Crippen LogP contribution in [0.15, 0.2) is 29.6 Å². The standard InChI is InChI=1S/C15H18N2O3S/c1-3-10(2)17(9-14(18)19)15(20)16-12-4-5-13-11(8-12)6-7-21-13/h4-8,10H,3,9H2,1-2H3,(H,16,20)(H,18,19). The first-order valence-corrected chi connectivity index (χ1v) is 7.66. The number of anilines is 1. The number of carbonyl (C=O) groups is 2. The van der Waals surface area contributed by atoms with Crippen LogP contribution in [0.25, 0.3) is 10.1 Å². The van der Waals surface area contributed by atoms with Crippen LogP contribution < -0.4 is 5.32 Å². The highest BCUT2D eigenvalue weighted by molar-refractivity contribution is 7.17. The Morgan fingerprint density at radius 3 is 2.81 bits per heavy atom. The predicted molar refractivity (Wildman–Crippen MR) is 84.9 cm³/mol. The van der Waals surface area contributed by atoms with Crippen LogP contribution in [0.2, 0.25) is 0 Å². The van der Waals surface area contributed by atoms with Gasteiger partial charge in [-0.1, -0.05) is 6.92 Å². The zero-order chi connectivity index (χ0) is 15.4. The number of fused-ring (bicyclic) bond motifs is 1. The average Bonchev–Trinajstić information content (AvgIpc) is 2.91. The first-order valence-electron chi connectivity index (χ1n) is 6.78. The van der Waals surface area contributed by atoms with Crippen molar-refractivity contribution in [3.63, 3.8) is 0 Å². The topological polar surface area (TPSA) is 69.6 Å². The Balaban J connectivity index is 2.14. The Morgan fingerprint density at radius 1 is 1.38 bits per heavy atom. The third kappa shape index (κ3) is 3.72. The molecule has 0 aliphatic carbocycles. The number of carboxylic acids is 1. The normalized spacial score (nSPS) is 12.1. The van der Waals surface area contributed by atoms with Crippen molar-refractivity contribution >= 4 is 39.1 Å². The quantitative estimate of drug-likeness (QED) is 0.886. The molecule has 2 amide bonds. The van der Waals surface area contributed by atoms with Gasteiger partial charge in [-0.2, -0.15) is 0 Å². The van der Waals surface area contributed by atoms with Crippen molar-refractivity contribution in [2.45, 2.75) is 26.3 Å². The van der Waals surface area contributed by atoms with Gasteiger partial charge in [0.25, 0.3) is 0 Å². The molecule has 1 aromatic heterocycles. The molecule has 21 heavy (non-hydrogen) atoms. The van der Waals surface area contributed by atoms with Crippen molar-refractivity contribution in [3.05, 3.63) is 29.6 Å². The number of aliphatic carboxylic acids is 1. The molecule has 6 heteroatoms. The fourth-order valence-electron chi connectivity index (χ4n) is 2.03. The zero-order valence-corrected chi connectivity index (χ0v) is 12.8. The molecule has 0 aliphatic heterocycles. The number of rotatable bonds is 5. The number of nitrogens with one attached hydrogen (secondary N) is 1. The molecule has 0 saturated heterocycles. The van der Waals surface area contributed by atoms with Crippen molar-refractivity contribution in [1.82, 2.24) is 4.90 Å². The number of amides is 2. The third-order valence-electron chi connectivity index (χ3n) is 3.39. The molecule has 2 N–H and O–H groups in total. The minimum absolute atomic E-state index is 0.133. The number of benzene rings is 1. The Kier molecular flexibility index (Phi) is 4.80. The zero-order valence-electron chi connectivity index (χ0n) is 12.0. The number of nitrogens with zero attached hydrogens (tertiary/aromatic N) is 1. The van der Waals surface area contributed by atoms with Gasteiger partial charge in [0.2, 0.25) is 0 Å². The van der Waals surface area contributed by atoms with E-state index in [0.29, 0.717) is 12.1 Å². The maximum absolute atomic E-state index is 12.3. The van der Waals surface area contributed by atoms with Gasteiger partial charge < -0.3 is 15.3 Å². The molecule has 1 heterocycles. The van der Waals surface area contributed by atoms with E-state index in [-0.39, 0.29) is 18.6 Å². The Bertz CT molecular complexity index is 653. The summed E-state index contributed by atoms with van der Waals surface area (Å²) in [6, 6.07) is 7.12. The van der Waals surface area contributed by atoms with E-state index in [1.807, 2.05) is 43.5 Å². The molecule has 0 fully saturated rings. The minimum Gasteiger partial charge on any atom is -0.480 e. The van der Waals surface area contributed by atoms with Gasteiger partial charge >= 0.3 is 12.0 Å². The third-order valence-corrected chi connectivity index (χ3v) is 4.29. The number of thiophene rings is 1. The number of hydrogen-bond acceptors (Lipinski definition) is 3. The summed E-state index contributed by atoms with van der Waals surface area (Å²) in [5.41, 5.74) is 0.671. The van der Waals surface area contributed by atoms with Gasteiger partial charge in [0.1, 0.15) is 6.54 Å². The lowest BCUT2D eigenvalue weighted by atomic mass is 10.2. The van der Waals surface area contributed by atoms with Gasteiger partial charge in [-0.3, -0.25) is 4.79 Å². The van der Waals surface area contributed by atoms with Crippen LogP contribution in [0, 0.1) is 0 Å². The van der Waals surface area contributed by atoms with E-state index >= 15 is 0 Å². The van der Waals surface area contributed by atoms with Crippen LogP contribution in [0.4, 0.5) is 10.5 Å². The molecule has 0 bridgehead atoms. The number of carboxylic acid groups (broad SMARTS) is 1. The molecule has 2 rings (SSSR count). The van der Waals surface area contributed by atoms with E-state index < -0.39 is 5.97 Å². The van der Waals surface area contributed by atoms with E-state index in [4.69, 9.17) is 5.11 Å². The fourth-order valence-corrected chi connectivity index (χ4v) is 2.80. The van der Waals surface area contributed by atoms with E-state index in [0.717, 1.165) is 10.1 Å². The number of urea groups is 1. The maximum Gasteiger partial charge on any atom is 0.323 e. The lowest BCUT2D eigenvalue weighted by molar-refractivity contribution is -0.138. The maximum atomic E-state index is 12.3. The van der Waals surface area contributed by atoms with Crippen molar-refractivity contribution in [2.24, 2.45) is 0 Å². The summed E-state index contributed by atoms with van der Waals surface area (Å²) in [7, 11) is 0. The van der Waals surface area contributed by atoms with E-state index in [9.17, 15) is 9.59 Å². The highest BCUT2D eigenvalue weighted by atomic mass is 32.1. The van der Waals surface area contributed by atoms with Gasteiger partial charge in [-0.15, -0.1) is 11.3 Å². The predicted octanol–water partition coefficient (Wildman–Crippen LogP) is 3.62. The molecule has 112 valence electrons. The summed E-state index contributed by atoms with van der Waals surface area (Å²) >= 11 is 1.64. The van der Waals surface area contributed by atoms with Gasteiger partial charge in [0.15, 0.2) is 0 Å². The molecule has 2 aromatic rings. The summed E-state index contributed by atoms with van der Waals surface area (Å²) in [6.07, 6.45) is 0.699. The van der Waals surface area contributed by atoms with Gasteiger partial charge in [0, 0.05) is 16.4 Å². The first kappa shape index (κ1) is 15.3. The van der Waals surface area contributed by atoms with Crippen LogP contribution in [0.3, 0.4) is 0 Å². The van der Waals surface area contributed by atoms with Gasteiger partial charge in [-0.25, -0.2) is 4.79 Å². The number of hydrogen-bond donors (Lipinski definition) is 2. The summed E-state index contributed by atoms with van der Waals surface area (Å²) in [5.74, 6) is -1.02. The summed E-state index contributed by atoms with van der Waals surface area (Å²) < 4.78 is 1.15. The van der Waals surface area contributed by atoms with Crippen LogP contribution in [-0.2, 0) is 4.79 Å². The molecule has 1 unspecified atom stereocenters. The second kappa shape index (κ2) is 6.58. The number of carbonyl (C=O) groups excluding carboxylic acids is 1. The largest absolute Gasteiger partial charge is 0.480 e. The molecule has 0 saturated carbocycles. The summed E-state index contributed by atoms with van der Waals surface area (Å²) in [5, 5.41) is 14.8. The Labute approximate surface area is 127 Å². The van der Waals surface area contributed by atoms with Crippen LogP contribution >= 0.6 is 11.3 Å². The lowest BCUT2D eigenvalue weighted by Gasteiger charge is -2.27. The van der Waals surface area contributed by atoms with Crippen molar-refractivity contribution in [2.75, 3.05) is 11.9 Å². The van der Waals surface area contributed by atoms with Crippen molar-refractivity contribution in [3.8, 4) is 0 Å². The van der Waals surface area contributed by atoms with E-state index in [1.54, 1.807) is 11.3 Å². The molecule has 5 nitrogen and oxygen atoms in total. The highest BCUT2D eigenvalue weighted by Crippen LogP contribution is 2.24. The molecule has 0 radical (unpaired) electrons. The smallest absolute Gasteiger partial charge is 0.323 e. The highest BCUT2D eigenvalue weighted by Gasteiger charge is 2.21. The van der Waals surface area contributed by atoms with Gasteiger partial charge in [0.05, 0.1) is 0 Å². The van der Waals surface area contributed by atoms with E-state index in [1.165, 1.54) is 4.90 Å². The van der Waals surface area contributed by atoms with Gasteiger partial charge in [-0.05, 0) is 48.4 Å². The fraction of sp³-hybridized carbons (Fsp3) is 0.333. The summed E-state index contributed by atoms with van der Waals surface area (Å²) in [4.78, 5) is 24.5. The van der Waals surface area contributed by atoms with Crippen molar-refractivity contribution in [1.29, 1.82) is 0 Å². The molecule has 1 atom stereocenters.